The van der Waals surface area contributed by atoms with Gasteiger partial charge in [0.1, 0.15) is 5.92 Å². The summed E-state index contributed by atoms with van der Waals surface area (Å²) < 4.78 is 0. The molecule has 1 aliphatic heterocycles. The average molecular weight is 300 g/mol. The van der Waals surface area contributed by atoms with Gasteiger partial charge in [-0.2, -0.15) is 5.26 Å². The Morgan fingerprint density at radius 2 is 2.11 bits per heavy atom. The van der Waals surface area contributed by atoms with Crippen molar-refractivity contribution in [1.82, 2.24) is 10.6 Å². The van der Waals surface area contributed by atoms with Gasteiger partial charge < -0.3 is 10.6 Å². The molecule has 0 radical (unpaired) electrons. The molecule has 0 saturated carbocycles. The fourth-order valence-electron chi connectivity index (χ4n) is 1.75. The molecular formula is C11H7Cl2N3OS. The van der Waals surface area contributed by atoms with Gasteiger partial charge in [-0.05, 0) is 29.9 Å². The maximum Gasteiger partial charge on any atom is 0.245 e. The number of hydrogen-bond donors (Lipinski definition) is 2. The van der Waals surface area contributed by atoms with E-state index in [1.807, 2.05) is 6.07 Å². The number of nitrogens with zero attached hydrogens (tertiary/aromatic N) is 1. The summed E-state index contributed by atoms with van der Waals surface area (Å²) in [6.07, 6.45) is 0. The van der Waals surface area contributed by atoms with Crippen molar-refractivity contribution >= 4 is 46.4 Å². The van der Waals surface area contributed by atoms with Gasteiger partial charge in [0.15, 0.2) is 5.11 Å². The van der Waals surface area contributed by atoms with E-state index in [9.17, 15) is 4.79 Å². The van der Waals surface area contributed by atoms with Gasteiger partial charge in [0.2, 0.25) is 5.91 Å². The number of nitrogens with one attached hydrogen (secondary N) is 2. The van der Waals surface area contributed by atoms with Crippen LogP contribution < -0.4 is 10.6 Å². The zero-order valence-electron chi connectivity index (χ0n) is 8.91. The molecule has 92 valence electrons. The van der Waals surface area contributed by atoms with Crippen molar-refractivity contribution in [3.05, 3.63) is 33.8 Å². The second kappa shape index (κ2) is 5.11. The molecular weight excluding hydrogens is 293 g/mol. The van der Waals surface area contributed by atoms with Crippen LogP contribution in [0.3, 0.4) is 0 Å². The number of carbonyl (C=O) groups excluding carboxylic acids is 1. The summed E-state index contributed by atoms with van der Waals surface area (Å²) in [5.74, 6) is -1.33. The van der Waals surface area contributed by atoms with Crippen LogP contribution in [0.5, 0.6) is 0 Å². The van der Waals surface area contributed by atoms with Gasteiger partial charge in [-0.25, -0.2) is 0 Å². The summed E-state index contributed by atoms with van der Waals surface area (Å²) in [5, 5.41) is 15.4. The summed E-state index contributed by atoms with van der Waals surface area (Å²) in [7, 11) is 0. The summed E-state index contributed by atoms with van der Waals surface area (Å²) in [6, 6.07) is 6.25. The van der Waals surface area contributed by atoms with E-state index in [-0.39, 0.29) is 5.11 Å². The van der Waals surface area contributed by atoms with E-state index in [2.05, 4.69) is 10.6 Å². The number of amides is 1. The van der Waals surface area contributed by atoms with Gasteiger partial charge in [0, 0.05) is 10.0 Å². The number of thiocarbonyl (C=S) groups is 1. The second-order valence-corrected chi connectivity index (χ2v) is 4.96. The molecule has 1 saturated heterocycles. The minimum absolute atomic E-state index is 0.183. The molecule has 0 aromatic heterocycles. The Bertz CT molecular complexity index is 570. The summed E-state index contributed by atoms with van der Waals surface area (Å²) in [6.45, 7) is 0. The van der Waals surface area contributed by atoms with Crippen molar-refractivity contribution in [2.45, 2.75) is 6.04 Å². The molecule has 2 rings (SSSR count). The van der Waals surface area contributed by atoms with E-state index in [1.54, 1.807) is 18.2 Å². The third-order valence-electron chi connectivity index (χ3n) is 2.58. The highest BCUT2D eigenvalue weighted by Gasteiger charge is 2.36. The first-order valence-electron chi connectivity index (χ1n) is 4.99. The van der Waals surface area contributed by atoms with E-state index >= 15 is 0 Å². The first-order chi connectivity index (χ1) is 8.52. The highest BCUT2D eigenvalue weighted by Crippen LogP contribution is 2.31. The summed E-state index contributed by atoms with van der Waals surface area (Å²) >= 11 is 16.8. The number of carbonyl (C=O) groups is 1. The average Bonchev–Trinajstić information content (AvgIpc) is 2.28. The van der Waals surface area contributed by atoms with Crippen molar-refractivity contribution in [3.8, 4) is 6.07 Å². The van der Waals surface area contributed by atoms with Crippen LogP contribution in [0.4, 0.5) is 0 Å². The first kappa shape index (κ1) is 13.1. The Labute approximate surface area is 119 Å². The molecule has 1 aliphatic rings. The topological polar surface area (TPSA) is 64.9 Å². The van der Waals surface area contributed by atoms with Gasteiger partial charge in [-0.15, -0.1) is 0 Å². The Morgan fingerprint density at radius 1 is 1.39 bits per heavy atom. The van der Waals surface area contributed by atoms with Crippen LogP contribution in [0.1, 0.15) is 11.6 Å². The Hall–Kier alpha value is -1.35. The van der Waals surface area contributed by atoms with Crippen molar-refractivity contribution in [2.75, 3.05) is 0 Å². The molecule has 18 heavy (non-hydrogen) atoms. The number of nitriles is 1. The summed E-state index contributed by atoms with van der Waals surface area (Å²) in [4.78, 5) is 11.7. The van der Waals surface area contributed by atoms with E-state index in [4.69, 9.17) is 40.7 Å². The minimum Gasteiger partial charge on any atom is -0.354 e. The molecule has 1 aromatic carbocycles. The van der Waals surface area contributed by atoms with Crippen LogP contribution in [0, 0.1) is 17.2 Å². The van der Waals surface area contributed by atoms with E-state index in [1.165, 1.54) is 0 Å². The van der Waals surface area contributed by atoms with Gasteiger partial charge in [-0.3, -0.25) is 4.79 Å². The maximum absolute atomic E-state index is 11.7. The highest BCUT2D eigenvalue weighted by molar-refractivity contribution is 7.80. The number of rotatable bonds is 1. The third kappa shape index (κ3) is 2.41. The van der Waals surface area contributed by atoms with Gasteiger partial charge in [0.05, 0.1) is 12.1 Å². The molecule has 2 unspecified atom stereocenters. The number of halogens is 2. The van der Waals surface area contributed by atoms with E-state index < -0.39 is 17.9 Å². The molecule has 0 spiro atoms. The molecule has 1 aromatic rings. The standard InChI is InChI=1S/C11H7Cl2N3OS/c12-5-1-2-6(8(13)3-5)9-7(4-14)10(17)16-11(18)15-9/h1-3,7,9H,(H2,15,16,17,18). The van der Waals surface area contributed by atoms with Gasteiger partial charge >= 0.3 is 0 Å². The lowest BCUT2D eigenvalue weighted by Gasteiger charge is -2.29. The van der Waals surface area contributed by atoms with Crippen LogP contribution in [0.2, 0.25) is 10.0 Å². The lowest BCUT2D eigenvalue weighted by molar-refractivity contribution is -0.123. The molecule has 1 fully saturated rings. The fraction of sp³-hybridized carbons (Fsp3) is 0.182. The number of benzene rings is 1. The molecule has 1 amide bonds. The van der Waals surface area contributed by atoms with Crippen LogP contribution >= 0.6 is 35.4 Å². The van der Waals surface area contributed by atoms with Crippen molar-refractivity contribution < 1.29 is 4.79 Å². The largest absolute Gasteiger partial charge is 0.354 e. The molecule has 0 aliphatic carbocycles. The molecule has 0 bridgehead atoms. The SMILES string of the molecule is N#CC1C(=O)NC(=S)NC1c1ccc(Cl)cc1Cl. The molecule has 1 heterocycles. The molecule has 2 N–H and O–H groups in total. The minimum atomic E-state index is -0.893. The lowest BCUT2D eigenvalue weighted by Crippen LogP contribution is -2.53. The molecule has 7 heteroatoms. The van der Waals surface area contributed by atoms with Gasteiger partial charge in [0.25, 0.3) is 0 Å². The Kier molecular flexibility index (Phi) is 3.71. The predicted octanol–water partition coefficient (Wildman–Crippen LogP) is 2.18. The van der Waals surface area contributed by atoms with E-state index in [0.717, 1.165) is 0 Å². The number of hydrogen-bond acceptors (Lipinski definition) is 3. The zero-order valence-corrected chi connectivity index (χ0v) is 11.2. The molecule has 4 nitrogen and oxygen atoms in total. The monoisotopic (exact) mass is 299 g/mol. The van der Waals surface area contributed by atoms with E-state index in [0.29, 0.717) is 15.6 Å². The zero-order chi connectivity index (χ0) is 13.3. The predicted molar refractivity (Wildman–Crippen MR) is 72.2 cm³/mol. The molecule has 2 atom stereocenters. The van der Waals surface area contributed by atoms with Crippen LogP contribution in [0.25, 0.3) is 0 Å². The van der Waals surface area contributed by atoms with Crippen molar-refractivity contribution in [3.63, 3.8) is 0 Å². The quantitative estimate of drug-likeness (QED) is 0.780. The summed E-state index contributed by atoms with van der Waals surface area (Å²) in [5.41, 5.74) is 0.616. The van der Waals surface area contributed by atoms with Crippen LogP contribution in [-0.2, 0) is 4.79 Å². The lowest BCUT2D eigenvalue weighted by atomic mass is 9.92. The van der Waals surface area contributed by atoms with Crippen LogP contribution in [-0.4, -0.2) is 11.0 Å². The second-order valence-electron chi connectivity index (χ2n) is 3.71. The van der Waals surface area contributed by atoms with Crippen LogP contribution in [0.15, 0.2) is 18.2 Å². The smallest absolute Gasteiger partial charge is 0.245 e. The maximum atomic E-state index is 11.7. The Balaban J connectivity index is 2.43. The highest BCUT2D eigenvalue weighted by atomic mass is 35.5. The third-order valence-corrected chi connectivity index (χ3v) is 3.36. The van der Waals surface area contributed by atoms with Crippen molar-refractivity contribution in [1.29, 1.82) is 5.26 Å². The van der Waals surface area contributed by atoms with Gasteiger partial charge in [-0.1, -0.05) is 29.3 Å². The van der Waals surface area contributed by atoms with Crippen molar-refractivity contribution in [2.24, 2.45) is 5.92 Å². The Morgan fingerprint density at radius 3 is 2.72 bits per heavy atom. The first-order valence-corrected chi connectivity index (χ1v) is 6.15. The fourth-order valence-corrected chi connectivity index (χ4v) is 2.50. The normalized spacial score (nSPS) is 22.9.